The van der Waals surface area contributed by atoms with Gasteiger partial charge in [0.25, 0.3) is 0 Å². The van der Waals surface area contributed by atoms with Gasteiger partial charge in [0.15, 0.2) is 6.10 Å². The van der Waals surface area contributed by atoms with Gasteiger partial charge in [-0.1, -0.05) is 252 Å². The number of esters is 3. The fraction of sp³-hybridized carbons (Fsp3) is 0.941. The van der Waals surface area contributed by atoms with Gasteiger partial charge in [-0.15, -0.1) is 0 Å². The largest absolute Gasteiger partial charge is 0.462 e. The highest BCUT2D eigenvalue weighted by Gasteiger charge is 2.19. The molecule has 6 heteroatoms. The third-order valence-electron chi connectivity index (χ3n) is 11.6. The number of carbonyl (C=O) groups excluding carboxylic acids is 3. The second-order valence-corrected chi connectivity index (χ2v) is 17.5. The van der Waals surface area contributed by atoms with Crippen LogP contribution in [0.4, 0.5) is 0 Å². The van der Waals surface area contributed by atoms with Gasteiger partial charge in [0.2, 0.25) is 0 Å². The molecule has 0 aromatic carbocycles. The molecule has 0 fully saturated rings. The normalized spacial score (nSPS) is 11.8. The Labute approximate surface area is 355 Å². The van der Waals surface area contributed by atoms with Crippen LogP contribution in [-0.4, -0.2) is 37.2 Å². The molecular weight excluding hydrogens is 709 g/mol. The first-order valence-corrected chi connectivity index (χ1v) is 25.5. The zero-order valence-electron chi connectivity index (χ0n) is 38.6. The zero-order valence-corrected chi connectivity index (χ0v) is 38.6. The number of ether oxygens (including phenoxy) is 3. The molecule has 57 heavy (non-hydrogen) atoms. The van der Waals surface area contributed by atoms with Crippen LogP contribution in [0.5, 0.6) is 0 Å². The van der Waals surface area contributed by atoms with Crippen LogP contribution in [0.3, 0.4) is 0 Å². The van der Waals surface area contributed by atoms with Gasteiger partial charge in [0, 0.05) is 19.3 Å². The molecule has 0 spiro atoms. The van der Waals surface area contributed by atoms with E-state index < -0.39 is 6.10 Å². The lowest BCUT2D eigenvalue weighted by atomic mass is 10.0. The summed E-state index contributed by atoms with van der Waals surface area (Å²) >= 11 is 0. The second-order valence-electron chi connectivity index (χ2n) is 17.5. The van der Waals surface area contributed by atoms with Crippen molar-refractivity contribution >= 4 is 17.9 Å². The third-order valence-corrected chi connectivity index (χ3v) is 11.6. The van der Waals surface area contributed by atoms with Crippen molar-refractivity contribution in [2.45, 2.75) is 297 Å². The predicted molar refractivity (Wildman–Crippen MR) is 243 cm³/mol. The fourth-order valence-electron chi connectivity index (χ4n) is 7.74. The Bertz CT molecular complexity index is 844. The highest BCUT2D eigenvalue weighted by Crippen LogP contribution is 2.17. The number of carbonyl (C=O) groups is 3. The molecule has 0 aliphatic rings. The van der Waals surface area contributed by atoms with Gasteiger partial charge in [0.05, 0.1) is 0 Å². The highest BCUT2D eigenvalue weighted by molar-refractivity contribution is 5.71. The first kappa shape index (κ1) is 55.4. The fourth-order valence-corrected chi connectivity index (χ4v) is 7.74. The molecule has 0 aliphatic heterocycles. The average molecular weight is 807 g/mol. The average Bonchev–Trinajstić information content (AvgIpc) is 3.21. The molecule has 0 heterocycles. The summed E-state index contributed by atoms with van der Waals surface area (Å²) in [5.41, 5.74) is 0. The van der Waals surface area contributed by atoms with Crippen molar-refractivity contribution in [3.05, 3.63) is 0 Å². The molecule has 0 aromatic heterocycles. The maximum Gasteiger partial charge on any atom is 0.306 e. The molecule has 0 aliphatic carbocycles. The lowest BCUT2D eigenvalue weighted by Gasteiger charge is -2.18. The van der Waals surface area contributed by atoms with Gasteiger partial charge in [-0.3, -0.25) is 14.4 Å². The molecule has 1 unspecified atom stereocenters. The quantitative estimate of drug-likeness (QED) is 0.0346. The van der Waals surface area contributed by atoms with Crippen LogP contribution in [0.1, 0.15) is 290 Å². The van der Waals surface area contributed by atoms with E-state index in [1.54, 1.807) is 0 Å². The van der Waals surface area contributed by atoms with Gasteiger partial charge in [-0.2, -0.15) is 0 Å². The summed E-state index contributed by atoms with van der Waals surface area (Å²) in [4.78, 5) is 37.4. The minimum Gasteiger partial charge on any atom is -0.462 e. The van der Waals surface area contributed by atoms with Gasteiger partial charge < -0.3 is 14.2 Å². The summed E-state index contributed by atoms with van der Waals surface area (Å²) in [5, 5.41) is 0. The van der Waals surface area contributed by atoms with Crippen molar-refractivity contribution in [3.8, 4) is 0 Å². The van der Waals surface area contributed by atoms with E-state index in [9.17, 15) is 14.4 Å². The molecule has 338 valence electrons. The first-order chi connectivity index (χ1) is 28.0. The van der Waals surface area contributed by atoms with E-state index in [0.29, 0.717) is 19.3 Å². The van der Waals surface area contributed by atoms with Crippen LogP contribution in [0.25, 0.3) is 0 Å². The summed E-state index contributed by atoms with van der Waals surface area (Å²) in [6.45, 7) is 6.57. The lowest BCUT2D eigenvalue weighted by Crippen LogP contribution is -2.30. The minimum atomic E-state index is -0.756. The number of hydrogen-bond donors (Lipinski definition) is 0. The maximum atomic E-state index is 12.6. The van der Waals surface area contributed by atoms with Crippen LogP contribution in [0, 0.1) is 0 Å². The molecule has 0 aromatic rings. The summed E-state index contributed by atoms with van der Waals surface area (Å²) in [7, 11) is 0. The molecule has 0 radical (unpaired) electrons. The van der Waals surface area contributed by atoms with E-state index in [1.807, 2.05) is 0 Å². The van der Waals surface area contributed by atoms with Crippen LogP contribution >= 0.6 is 0 Å². The van der Waals surface area contributed by atoms with E-state index >= 15 is 0 Å². The monoisotopic (exact) mass is 807 g/mol. The maximum absolute atomic E-state index is 12.6. The van der Waals surface area contributed by atoms with Crippen LogP contribution in [0.15, 0.2) is 0 Å². The highest BCUT2D eigenvalue weighted by atomic mass is 16.6. The lowest BCUT2D eigenvalue weighted by molar-refractivity contribution is -0.167. The Morgan fingerprint density at radius 3 is 0.702 bits per heavy atom. The molecule has 0 rings (SSSR count). The molecule has 1 atom stereocenters. The Morgan fingerprint density at radius 1 is 0.281 bits per heavy atom. The van der Waals surface area contributed by atoms with Gasteiger partial charge in [-0.05, 0) is 19.3 Å². The minimum absolute atomic E-state index is 0.0641. The Hall–Kier alpha value is -1.59. The predicted octanol–water partition coefficient (Wildman–Crippen LogP) is 16.4. The van der Waals surface area contributed by atoms with Crippen LogP contribution < -0.4 is 0 Å². The summed E-state index contributed by atoms with van der Waals surface area (Å²) in [6.07, 6.45) is 50.1. The van der Waals surface area contributed by atoms with E-state index in [1.165, 1.54) is 193 Å². The van der Waals surface area contributed by atoms with Crippen LogP contribution in [0.2, 0.25) is 0 Å². The SMILES string of the molecule is CCCCCCCCCCCCCCCCCCCCCCCCCCCCC(=O)OCC(COC(=O)CCCCCCCC)OC(=O)CCCCCCCCC. The van der Waals surface area contributed by atoms with Crippen molar-refractivity contribution < 1.29 is 28.6 Å². The third kappa shape index (κ3) is 45.3. The standard InChI is InChI=1S/C51H98O6/c1-4-7-10-13-16-17-18-19-20-21-22-23-24-25-26-27-28-29-30-31-32-33-34-36-38-41-44-50(53)56-47-48(46-55-49(52)43-40-37-15-12-9-6-3)57-51(54)45-42-39-35-14-11-8-5-2/h48H,4-47H2,1-3H3. The number of rotatable bonds is 47. The number of unbranched alkanes of at least 4 members (excludes halogenated alkanes) is 36. The Morgan fingerprint density at radius 2 is 0.474 bits per heavy atom. The first-order valence-electron chi connectivity index (χ1n) is 25.5. The molecular formula is C51H98O6. The second kappa shape index (κ2) is 47.1. The molecule has 0 N–H and O–H groups in total. The van der Waals surface area contributed by atoms with E-state index in [2.05, 4.69) is 20.8 Å². The van der Waals surface area contributed by atoms with Gasteiger partial charge >= 0.3 is 17.9 Å². The Kier molecular flexibility index (Phi) is 45.8. The van der Waals surface area contributed by atoms with Gasteiger partial charge in [0.1, 0.15) is 13.2 Å². The van der Waals surface area contributed by atoms with Crippen molar-refractivity contribution in [1.82, 2.24) is 0 Å². The number of hydrogen-bond acceptors (Lipinski definition) is 6. The van der Waals surface area contributed by atoms with Crippen molar-refractivity contribution in [3.63, 3.8) is 0 Å². The van der Waals surface area contributed by atoms with Crippen molar-refractivity contribution in [2.24, 2.45) is 0 Å². The summed E-state index contributed by atoms with van der Waals surface area (Å²) < 4.78 is 16.6. The molecule has 0 saturated heterocycles. The van der Waals surface area contributed by atoms with E-state index in [4.69, 9.17) is 14.2 Å². The Balaban J connectivity index is 3.87. The van der Waals surface area contributed by atoms with E-state index in [0.717, 1.165) is 57.8 Å². The molecule has 0 bridgehead atoms. The van der Waals surface area contributed by atoms with E-state index in [-0.39, 0.29) is 31.1 Å². The van der Waals surface area contributed by atoms with Crippen LogP contribution in [-0.2, 0) is 28.6 Å². The van der Waals surface area contributed by atoms with Crippen molar-refractivity contribution in [1.29, 1.82) is 0 Å². The van der Waals surface area contributed by atoms with Crippen molar-refractivity contribution in [2.75, 3.05) is 13.2 Å². The summed E-state index contributed by atoms with van der Waals surface area (Å²) in [6, 6.07) is 0. The molecule has 6 nitrogen and oxygen atoms in total. The smallest absolute Gasteiger partial charge is 0.306 e. The molecule has 0 amide bonds. The topological polar surface area (TPSA) is 78.9 Å². The molecule has 0 saturated carbocycles. The zero-order chi connectivity index (χ0) is 41.5. The summed E-state index contributed by atoms with van der Waals surface area (Å²) in [5.74, 6) is -0.867. The van der Waals surface area contributed by atoms with Gasteiger partial charge in [-0.25, -0.2) is 0 Å².